The van der Waals surface area contributed by atoms with E-state index < -0.39 is 12.1 Å². The Labute approximate surface area is 94.8 Å². The zero-order valence-corrected chi connectivity index (χ0v) is 9.47. The van der Waals surface area contributed by atoms with Crippen LogP contribution in [0.5, 0.6) is 5.75 Å². The molecular weight excluding hydrogens is 208 g/mol. The van der Waals surface area contributed by atoms with E-state index in [4.69, 9.17) is 9.47 Å². The van der Waals surface area contributed by atoms with Crippen LogP contribution in [0.25, 0.3) is 0 Å². The molecule has 0 aromatic heterocycles. The molecule has 0 aliphatic carbocycles. The summed E-state index contributed by atoms with van der Waals surface area (Å²) in [5.74, 6) is 0.110. The molecule has 0 amide bonds. The number of methoxy groups -OCH3 is 1. The maximum atomic E-state index is 11.2. The van der Waals surface area contributed by atoms with Gasteiger partial charge >= 0.3 is 5.97 Å². The highest BCUT2D eigenvalue weighted by Crippen LogP contribution is 2.14. The Bertz CT molecular complexity index is 349. The van der Waals surface area contributed by atoms with Crippen LogP contribution in [0.15, 0.2) is 24.3 Å². The van der Waals surface area contributed by atoms with Crippen molar-refractivity contribution >= 4 is 5.97 Å². The van der Waals surface area contributed by atoms with E-state index in [1.54, 1.807) is 26.2 Å². The predicted molar refractivity (Wildman–Crippen MR) is 59.3 cm³/mol. The van der Waals surface area contributed by atoms with E-state index >= 15 is 0 Å². The molecule has 1 aromatic rings. The summed E-state index contributed by atoms with van der Waals surface area (Å²) in [6, 6.07) is 7.22. The third-order valence-corrected chi connectivity index (χ3v) is 2.12. The lowest BCUT2D eigenvalue weighted by molar-refractivity contribution is -0.152. The number of carbonyl (C=O) groups excluding carboxylic acids is 1. The first-order valence-corrected chi connectivity index (χ1v) is 5.15. The molecule has 4 nitrogen and oxygen atoms in total. The Morgan fingerprint density at radius 1 is 1.50 bits per heavy atom. The van der Waals surface area contributed by atoms with Crippen molar-refractivity contribution in [2.75, 3.05) is 13.7 Å². The molecule has 1 N–H and O–H groups in total. The quantitative estimate of drug-likeness (QED) is 0.762. The van der Waals surface area contributed by atoms with E-state index in [9.17, 15) is 9.90 Å². The maximum Gasteiger partial charge on any atom is 0.335 e. The average Bonchev–Trinajstić information content (AvgIpc) is 2.29. The van der Waals surface area contributed by atoms with Crippen LogP contribution in [-0.2, 0) is 16.0 Å². The average molecular weight is 224 g/mol. The molecule has 4 heteroatoms. The summed E-state index contributed by atoms with van der Waals surface area (Å²) in [6.45, 7) is 1.98. The Morgan fingerprint density at radius 3 is 2.88 bits per heavy atom. The SMILES string of the molecule is CCOC(=O)C(O)Cc1cccc(OC)c1. The molecule has 0 aliphatic heterocycles. The smallest absolute Gasteiger partial charge is 0.335 e. The summed E-state index contributed by atoms with van der Waals surface area (Å²) in [5.41, 5.74) is 0.833. The van der Waals surface area contributed by atoms with E-state index in [1.807, 2.05) is 12.1 Å². The number of aliphatic hydroxyl groups excluding tert-OH is 1. The molecule has 0 fully saturated rings. The zero-order valence-electron chi connectivity index (χ0n) is 9.47. The van der Waals surface area contributed by atoms with Crippen molar-refractivity contribution in [3.8, 4) is 5.75 Å². The van der Waals surface area contributed by atoms with Gasteiger partial charge in [0.2, 0.25) is 0 Å². The van der Waals surface area contributed by atoms with Crippen LogP contribution >= 0.6 is 0 Å². The molecule has 1 atom stereocenters. The molecule has 0 aliphatic rings. The minimum atomic E-state index is -1.12. The molecule has 1 rings (SSSR count). The van der Waals surface area contributed by atoms with Gasteiger partial charge in [-0.3, -0.25) is 0 Å². The number of esters is 1. The molecule has 0 bridgehead atoms. The monoisotopic (exact) mass is 224 g/mol. The molecule has 0 saturated heterocycles. The molecule has 1 unspecified atom stereocenters. The fourth-order valence-corrected chi connectivity index (χ4v) is 1.34. The summed E-state index contributed by atoms with van der Waals surface area (Å²) >= 11 is 0. The van der Waals surface area contributed by atoms with Crippen LogP contribution in [-0.4, -0.2) is 30.9 Å². The summed E-state index contributed by atoms with van der Waals surface area (Å²) < 4.78 is 9.76. The van der Waals surface area contributed by atoms with Crippen molar-refractivity contribution in [3.63, 3.8) is 0 Å². The first-order valence-electron chi connectivity index (χ1n) is 5.15. The van der Waals surface area contributed by atoms with Gasteiger partial charge in [0.1, 0.15) is 5.75 Å². The van der Waals surface area contributed by atoms with Gasteiger partial charge in [-0.25, -0.2) is 4.79 Å². The second kappa shape index (κ2) is 6.12. The third kappa shape index (κ3) is 3.55. The normalized spacial score (nSPS) is 11.9. The highest BCUT2D eigenvalue weighted by molar-refractivity contribution is 5.74. The maximum absolute atomic E-state index is 11.2. The summed E-state index contributed by atoms with van der Waals surface area (Å²) in [6.07, 6.45) is -0.886. The Kier molecular flexibility index (Phi) is 4.79. The third-order valence-electron chi connectivity index (χ3n) is 2.12. The van der Waals surface area contributed by atoms with E-state index in [2.05, 4.69) is 0 Å². The molecule has 88 valence electrons. The number of ether oxygens (including phenoxy) is 2. The second-order valence-corrected chi connectivity index (χ2v) is 3.32. The van der Waals surface area contributed by atoms with Crippen LogP contribution in [0.2, 0.25) is 0 Å². The number of aliphatic hydroxyl groups is 1. The van der Waals surface area contributed by atoms with Crippen molar-refractivity contribution in [3.05, 3.63) is 29.8 Å². The zero-order chi connectivity index (χ0) is 12.0. The van der Waals surface area contributed by atoms with Crippen molar-refractivity contribution in [1.29, 1.82) is 0 Å². The summed E-state index contributed by atoms with van der Waals surface area (Å²) in [7, 11) is 1.57. The minimum Gasteiger partial charge on any atom is -0.497 e. The van der Waals surface area contributed by atoms with Crippen LogP contribution < -0.4 is 4.74 Å². The van der Waals surface area contributed by atoms with Gasteiger partial charge in [-0.05, 0) is 24.6 Å². The Hall–Kier alpha value is -1.55. The van der Waals surface area contributed by atoms with E-state index in [-0.39, 0.29) is 13.0 Å². The van der Waals surface area contributed by atoms with Gasteiger partial charge in [-0.15, -0.1) is 0 Å². The standard InChI is InChI=1S/C12H16O4/c1-3-16-12(14)11(13)8-9-5-4-6-10(7-9)15-2/h4-7,11,13H,3,8H2,1-2H3. The van der Waals surface area contributed by atoms with E-state index in [0.717, 1.165) is 5.56 Å². The van der Waals surface area contributed by atoms with Crippen LogP contribution in [0.3, 0.4) is 0 Å². The van der Waals surface area contributed by atoms with Crippen molar-refractivity contribution < 1.29 is 19.4 Å². The van der Waals surface area contributed by atoms with E-state index in [1.165, 1.54) is 0 Å². The largest absolute Gasteiger partial charge is 0.497 e. The van der Waals surface area contributed by atoms with Gasteiger partial charge in [-0.1, -0.05) is 12.1 Å². The lowest BCUT2D eigenvalue weighted by Gasteiger charge is -2.10. The number of benzene rings is 1. The highest BCUT2D eigenvalue weighted by atomic mass is 16.5. The summed E-state index contributed by atoms with van der Waals surface area (Å²) in [4.78, 5) is 11.2. The van der Waals surface area contributed by atoms with Crippen molar-refractivity contribution in [1.82, 2.24) is 0 Å². The minimum absolute atomic E-state index is 0.232. The molecule has 0 spiro atoms. The van der Waals surface area contributed by atoms with Crippen molar-refractivity contribution in [2.45, 2.75) is 19.4 Å². The fraction of sp³-hybridized carbons (Fsp3) is 0.417. The number of carbonyl (C=O) groups is 1. The molecule has 0 radical (unpaired) electrons. The van der Waals surface area contributed by atoms with Crippen LogP contribution in [0.4, 0.5) is 0 Å². The highest BCUT2D eigenvalue weighted by Gasteiger charge is 2.16. The van der Waals surface area contributed by atoms with Gasteiger partial charge in [-0.2, -0.15) is 0 Å². The molecule has 1 aromatic carbocycles. The topological polar surface area (TPSA) is 55.8 Å². The Morgan fingerprint density at radius 2 is 2.25 bits per heavy atom. The van der Waals surface area contributed by atoms with Gasteiger partial charge in [0.25, 0.3) is 0 Å². The lowest BCUT2D eigenvalue weighted by atomic mass is 10.1. The van der Waals surface area contributed by atoms with E-state index in [0.29, 0.717) is 5.75 Å². The number of hydrogen-bond donors (Lipinski definition) is 1. The Balaban J connectivity index is 2.61. The number of hydrogen-bond acceptors (Lipinski definition) is 4. The van der Waals surface area contributed by atoms with Gasteiger partial charge in [0.05, 0.1) is 13.7 Å². The van der Waals surface area contributed by atoms with Crippen LogP contribution in [0.1, 0.15) is 12.5 Å². The van der Waals surface area contributed by atoms with Gasteiger partial charge in [0.15, 0.2) is 6.10 Å². The molecule has 0 heterocycles. The van der Waals surface area contributed by atoms with Crippen molar-refractivity contribution in [2.24, 2.45) is 0 Å². The van der Waals surface area contributed by atoms with Gasteiger partial charge in [0, 0.05) is 6.42 Å². The molecule has 0 saturated carbocycles. The molecule has 16 heavy (non-hydrogen) atoms. The number of rotatable bonds is 5. The van der Waals surface area contributed by atoms with Crippen LogP contribution in [0, 0.1) is 0 Å². The molecular formula is C12H16O4. The second-order valence-electron chi connectivity index (χ2n) is 3.32. The lowest BCUT2D eigenvalue weighted by Crippen LogP contribution is -2.25. The predicted octanol–water partition coefficient (Wildman–Crippen LogP) is 1.16. The fourth-order valence-electron chi connectivity index (χ4n) is 1.34. The van der Waals surface area contributed by atoms with Gasteiger partial charge < -0.3 is 14.6 Å². The summed E-state index contributed by atoms with van der Waals surface area (Å²) in [5, 5.41) is 9.55. The first kappa shape index (κ1) is 12.5. The first-order chi connectivity index (χ1) is 7.67.